The molecule has 1 aromatic carbocycles. The van der Waals surface area contributed by atoms with Crippen LogP contribution < -0.4 is 5.32 Å². The fourth-order valence-corrected chi connectivity index (χ4v) is 2.78. The third-order valence-electron chi connectivity index (χ3n) is 3.87. The van der Waals surface area contributed by atoms with E-state index in [0.717, 1.165) is 31.5 Å². The zero-order chi connectivity index (χ0) is 14.9. The van der Waals surface area contributed by atoms with Crippen LogP contribution in [0, 0.1) is 5.92 Å². The van der Waals surface area contributed by atoms with Gasteiger partial charge in [0.2, 0.25) is 0 Å². The molecule has 3 rings (SSSR count). The van der Waals surface area contributed by atoms with Crippen molar-refractivity contribution in [3.8, 4) is 0 Å². The minimum atomic E-state index is -4.30. The molecule has 0 saturated carbocycles. The number of benzene rings is 1. The summed E-state index contributed by atoms with van der Waals surface area (Å²) in [6.45, 7) is 2.29. The second-order valence-electron chi connectivity index (χ2n) is 5.52. The molecule has 6 heteroatoms. The van der Waals surface area contributed by atoms with Gasteiger partial charge in [0.25, 0.3) is 0 Å². The second kappa shape index (κ2) is 5.67. The van der Waals surface area contributed by atoms with Crippen LogP contribution in [0.1, 0.15) is 17.5 Å². The van der Waals surface area contributed by atoms with Gasteiger partial charge in [0, 0.05) is 12.5 Å². The van der Waals surface area contributed by atoms with Gasteiger partial charge in [-0.15, -0.1) is 0 Å². The number of hydrogen-bond acceptors (Lipinski definition) is 3. The Bertz CT molecular complexity index is 536. The Morgan fingerprint density at radius 1 is 1.33 bits per heavy atom. The van der Waals surface area contributed by atoms with Crippen molar-refractivity contribution in [3.63, 3.8) is 0 Å². The molecule has 1 saturated heterocycles. The molecule has 0 aliphatic carbocycles. The molecule has 1 N–H and O–H groups in total. The summed E-state index contributed by atoms with van der Waals surface area (Å²) in [5.74, 6) is 1.08. The highest BCUT2D eigenvalue weighted by atomic mass is 19.4. The Morgan fingerprint density at radius 3 is 2.90 bits per heavy atom. The van der Waals surface area contributed by atoms with Crippen LogP contribution in [0.5, 0.6) is 0 Å². The molecular formula is C15H17F3N2O. The smallest absolute Gasteiger partial charge is 0.416 e. The van der Waals surface area contributed by atoms with Crippen LogP contribution in [-0.4, -0.2) is 31.6 Å². The van der Waals surface area contributed by atoms with Gasteiger partial charge in [-0.1, -0.05) is 18.2 Å². The van der Waals surface area contributed by atoms with Crippen molar-refractivity contribution in [3.05, 3.63) is 35.4 Å². The monoisotopic (exact) mass is 298 g/mol. The number of nitrogens with one attached hydrogen (secondary N) is 1. The predicted molar refractivity (Wildman–Crippen MR) is 73.3 cm³/mol. The highest BCUT2D eigenvalue weighted by Crippen LogP contribution is 2.30. The topological polar surface area (TPSA) is 33.6 Å². The van der Waals surface area contributed by atoms with E-state index in [0.29, 0.717) is 24.5 Å². The first kappa shape index (κ1) is 14.4. The first-order chi connectivity index (χ1) is 10.0. The van der Waals surface area contributed by atoms with Crippen LogP contribution >= 0.6 is 0 Å². The lowest BCUT2D eigenvalue weighted by molar-refractivity contribution is -0.137. The number of hydrogen-bond donors (Lipinski definition) is 1. The lowest BCUT2D eigenvalue weighted by Gasteiger charge is -2.10. The molecule has 0 spiro atoms. The summed E-state index contributed by atoms with van der Waals surface area (Å²) in [6, 6.07) is 5.36. The molecule has 0 amide bonds. The number of alkyl halides is 3. The molecule has 3 nitrogen and oxygen atoms in total. The van der Waals surface area contributed by atoms with Crippen molar-refractivity contribution in [2.45, 2.75) is 25.1 Å². The van der Waals surface area contributed by atoms with E-state index < -0.39 is 11.7 Å². The van der Waals surface area contributed by atoms with E-state index in [9.17, 15) is 13.2 Å². The predicted octanol–water partition coefficient (Wildman–Crippen LogP) is 2.65. The molecule has 2 aliphatic rings. The fourth-order valence-electron chi connectivity index (χ4n) is 2.78. The normalized spacial score (nSPS) is 25.8. The standard InChI is InChI=1S/C15H17F3N2O/c16-15(17,18)12-3-1-2-10(6-12)7-13-9-21-14(20-13)11-4-5-19-8-11/h1-3,6,11,13,19H,4-5,7-9H2. The average molecular weight is 298 g/mol. The van der Waals surface area contributed by atoms with Gasteiger partial charge in [-0.2, -0.15) is 13.2 Å². The molecule has 1 fully saturated rings. The first-order valence-corrected chi connectivity index (χ1v) is 7.10. The van der Waals surface area contributed by atoms with Gasteiger partial charge in [-0.05, 0) is 31.0 Å². The molecule has 2 aliphatic heterocycles. The fraction of sp³-hybridized carbons (Fsp3) is 0.533. The Morgan fingerprint density at radius 2 is 2.19 bits per heavy atom. The van der Waals surface area contributed by atoms with Gasteiger partial charge in [0.1, 0.15) is 6.61 Å². The number of rotatable bonds is 3. The van der Waals surface area contributed by atoms with Crippen LogP contribution in [-0.2, 0) is 17.3 Å². The first-order valence-electron chi connectivity index (χ1n) is 7.10. The minimum absolute atomic E-state index is 0.0796. The van der Waals surface area contributed by atoms with E-state index in [2.05, 4.69) is 10.3 Å². The van der Waals surface area contributed by atoms with Gasteiger partial charge in [0.05, 0.1) is 11.6 Å². The Labute approximate surface area is 121 Å². The van der Waals surface area contributed by atoms with Crippen LogP contribution in [0.2, 0.25) is 0 Å². The van der Waals surface area contributed by atoms with Gasteiger partial charge in [0.15, 0.2) is 5.90 Å². The molecule has 2 heterocycles. The van der Waals surface area contributed by atoms with Gasteiger partial charge >= 0.3 is 6.18 Å². The number of ether oxygens (including phenoxy) is 1. The van der Waals surface area contributed by atoms with Crippen molar-refractivity contribution in [2.24, 2.45) is 10.9 Å². The summed E-state index contributed by atoms with van der Waals surface area (Å²) in [5, 5.41) is 3.25. The Kier molecular flexibility index (Phi) is 3.89. The third kappa shape index (κ3) is 3.37. The van der Waals surface area contributed by atoms with E-state index in [4.69, 9.17) is 4.74 Å². The summed E-state index contributed by atoms with van der Waals surface area (Å²) in [4.78, 5) is 4.53. The molecule has 0 bridgehead atoms. The van der Waals surface area contributed by atoms with Crippen LogP contribution in [0.25, 0.3) is 0 Å². The van der Waals surface area contributed by atoms with Crippen molar-refractivity contribution >= 4 is 5.90 Å². The van der Waals surface area contributed by atoms with Crippen molar-refractivity contribution in [2.75, 3.05) is 19.7 Å². The third-order valence-corrected chi connectivity index (χ3v) is 3.87. The Hall–Kier alpha value is -1.56. The number of halogens is 3. The number of aliphatic imine (C=N–C) groups is 1. The number of nitrogens with zero attached hydrogens (tertiary/aromatic N) is 1. The van der Waals surface area contributed by atoms with Gasteiger partial charge in [-0.25, -0.2) is 4.99 Å². The summed E-state index contributed by atoms with van der Waals surface area (Å²) in [7, 11) is 0. The summed E-state index contributed by atoms with van der Waals surface area (Å²) >= 11 is 0. The maximum absolute atomic E-state index is 12.7. The Balaban J connectivity index is 1.67. The maximum Gasteiger partial charge on any atom is 0.416 e. The van der Waals surface area contributed by atoms with Crippen molar-refractivity contribution in [1.82, 2.24) is 5.32 Å². The summed E-state index contributed by atoms with van der Waals surface area (Å²) in [5.41, 5.74) is 0.0380. The largest absolute Gasteiger partial charge is 0.478 e. The molecule has 0 radical (unpaired) electrons. The maximum atomic E-state index is 12.7. The van der Waals surface area contributed by atoms with Gasteiger partial charge in [-0.3, -0.25) is 0 Å². The second-order valence-corrected chi connectivity index (χ2v) is 5.52. The summed E-state index contributed by atoms with van der Waals surface area (Å²) < 4.78 is 43.7. The highest BCUT2D eigenvalue weighted by Gasteiger charge is 2.31. The molecule has 2 atom stereocenters. The lowest BCUT2D eigenvalue weighted by Crippen LogP contribution is -2.17. The SMILES string of the molecule is FC(F)(F)c1cccc(CC2COC(C3CCNC3)=N2)c1. The lowest BCUT2D eigenvalue weighted by atomic mass is 10.0. The van der Waals surface area contributed by atoms with Crippen LogP contribution in [0.3, 0.4) is 0 Å². The molecule has 114 valence electrons. The summed E-state index contributed by atoms with van der Waals surface area (Å²) in [6.07, 6.45) is -2.81. The van der Waals surface area contributed by atoms with E-state index in [-0.39, 0.29) is 6.04 Å². The minimum Gasteiger partial charge on any atom is -0.478 e. The molecule has 21 heavy (non-hydrogen) atoms. The zero-order valence-corrected chi connectivity index (χ0v) is 11.5. The molecule has 1 aromatic rings. The molecule has 0 aromatic heterocycles. The van der Waals surface area contributed by atoms with E-state index >= 15 is 0 Å². The van der Waals surface area contributed by atoms with E-state index in [1.165, 1.54) is 12.1 Å². The van der Waals surface area contributed by atoms with Gasteiger partial charge < -0.3 is 10.1 Å². The van der Waals surface area contributed by atoms with E-state index in [1.54, 1.807) is 6.07 Å². The molecular weight excluding hydrogens is 281 g/mol. The average Bonchev–Trinajstić information content (AvgIpc) is 3.08. The van der Waals surface area contributed by atoms with Crippen molar-refractivity contribution < 1.29 is 17.9 Å². The quantitative estimate of drug-likeness (QED) is 0.931. The highest BCUT2D eigenvalue weighted by molar-refractivity contribution is 5.80. The van der Waals surface area contributed by atoms with Crippen LogP contribution in [0.4, 0.5) is 13.2 Å². The van der Waals surface area contributed by atoms with E-state index in [1.807, 2.05) is 0 Å². The van der Waals surface area contributed by atoms with Crippen molar-refractivity contribution in [1.29, 1.82) is 0 Å². The molecule has 2 unspecified atom stereocenters. The zero-order valence-electron chi connectivity index (χ0n) is 11.5. The van der Waals surface area contributed by atoms with Crippen LogP contribution in [0.15, 0.2) is 29.3 Å².